The molecular weight excluding hydrogens is 467 g/mol. The van der Waals surface area contributed by atoms with Crippen molar-refractivity contribution < 1.29 is 18.8 Å². The summed E-state index contributed by atoms with van der Waals surface area (Å²) in [5.74, 6) is -1.40. The predicted octanol–water partition coefficient (Wildman–Crippen LogP) is 4.82. The second-order valence-electron chi connectivity index (χ2n) is 7.90. The van der Waals surface area contributed by atoms with Crippen molar-refractivity contribution in [3.05, 3.63) is 82.6 Å². The highest BCUT2D eigenvalue weighted by Gasteiger charge is 2.20. The van der Waals surface area contributed by atoms with Gasteiger partial charge in [-0.1, -0.05) is 31.2 Å². The first-order valence-electron chi connectivity index (χ1n) is 11.1. The molecule has 1 heterocycles. The Morgan fingerprint density at radius 3 is 2.66 bits per heavy atom. The molecule has 35 heavy (non-hydrogen) atoms. The van der Waals surface area contributed by atoms with E-state index in [1.807, 2.05) is 19.9 Å². The van der Waals surface area contributed by atoms with Crippen molar-refractivity contribution in [1.29, 1.82) is 0 Å². The summed E-state index contributed by atoms with van der Waals surface area (Å²) in [6, 6.07) is 13.1. The van der Waals surface area contributed by atoms with Crippen molar-refractivity contribution in [1.82, 2.24) is 15.6 Å². The van der Waals surface area contributed by atoms with Crippen LogP contribution in [0.15, 0.2) is 60.0 Å². The fraction of sp³-hybridized carbons (Fsp3) is 0.231. The molecule has 0 saturated carbocycles. The number of thiazole rings is 1. The molecule has 0 fully saturated rings. The van der Waals surface area contributed by atoms with Gasteiger partial charge in [0.25, 0.3) is 5.91 Å². The fourth-order valence-electron chi connectivity index (χ4n) is 3.14. The van der Waals surface area contributed by atoms with Crippen LogP contribution in [0.2, 0.25) is 0 Å². The van der Waals surface area contributed by atoms with Gasteiger partial charge in [-0.15, -0.1) is 11.3 Å². The van der Waals surface area contributed by atoms with Gasteiger partial charge in [-0.05, 0) is 49.2 Å². The van der Waals surface area contributed by atoms with Crippen LogP contribution in [0.4, 0.5) is 15.2 Å². The van der Waals surface area contributed by atoms with Crippen LogP contribution in [0.1, 0.15) is 48.8 Å². The highest BCUT2D eigenvalue weighted by atomic mass is 32.1. The SMILES string of the molecule is CCC(C)NC(=O)c1cccc(CNC(=O)/C=C/c2csc(N(C(C)=O)c3ccccc3F)n2)c1. The summed E-state index contributed by atoms with van der Waals surface area (Å²) in [4.78, 5) is 42.3. The van der Waals surface area contributed by atoms with E-state index >= 15 is 0 Å². The maximum atomic E-state index is 14.2. The van der Waals surface area contributed by atoms with Crippen molar-refractivity contribution in [3.8, 4) is 0 Å². The molecule has 0 radical (unpaired) electrons. The fourth-order valence-corrected chi connectivity index (χ4v) is 3.98. The van der Waals surface area contributed by atoms with E-state index in [0.29, 0.717) is 16.4 Å². The molecule has 0 saturated heterocycles. The first-order valence-corrected chi connectivity index (χ1v) is 12.0. The number of aromatic nitrogens is 1. The molecule has 2 aromatic carbocycles. The number of benzene rings is 2. The second kappa shape index (κ2) is 12.0. The molecule has 3 rings (SSSR count). The van der Waals surface area contributed by atoms with Crippen molar-refractivity contribution in [2.45, 2.75) is 39.8 Å². The first kappa shape index (κ1) is 25.8. The Morgan fingerprint density at radius 2 is 1.94 bits per heavy atom. The summed E-state index contributed by atoms with van der Waals surface area (Å²) in [6.45, 7) is 5.53. The van der Waals surface area contributed by atoms with Gasteiger partial charge < -0.3 is 10.6 Å². The van der Waals surface area contributed by atoms with E-state index in [-0.39, 0.29) is 36.0 Å². The van der Waals surface area contributed by atoms with Crippen LogP contribution in [0.25, 0.3) is 6.08 Å². The van der Waals surface area contributed by atoms with Crippen LogP contribution >= 0.6 is 11.3 Å². The topological polar surface area (TPSA) is 91.4 Å². The van der Waals surface area contributed by atoms with E-state index < -0.39 is 5.82 Å². The number of halogens is 1. The maximum absolute atomic E-state index is 14.2. The Hall–Kier alpha value is -3.85. The van der Waals surface area contributed by atoms with Crippen molar-refractivity contribution in [2.24, 2.45) is 0 Å². The lowest BCUT2D eigenvalue weighted by molar-refractivity contribution is -0.117. The van der Waals surface area contributed by atoms with Crippen molar-refractivity contribution >= 4 is 46.0 Å². The third kappa shape index (κ3) is 7.07. The Morgan fingerprint density at radius 1 is 1.17 bits per heavy atom. The molecule has 9 heteroatoms. The minimum absolute atomic E-state index is 0.0801. The Bertz CT molecular complexity index is 1240. The first-order chi connectivity index (χ1) is 16.8. The third-order valence-electron chi connectivity index (χ3n) is 5.16. The van der Waals surface area contributed by atoms with Crippen LogP contribution in [-0.4, -0.2) is 28.7 Å². The summed E-state index contributed by atoms with van der Waals surface area (Å²) in [7, 11) is 0. The van der Waals surface area contributed by atoms with Gasteiger partial charge in [0.1, 0.15) is 5.82 Å². The molecule has 3 aromatic rings. The van der Waals surface area contributed by atoms with Gasteiger partial charge >= 0.3 is 0 Å². The lowest BCUT2D eigenvalue weighted by atomic mass is 10.1. The molecule has 1 aromatic heterocycles. The molecule has 0 aliphatic carbocycles. The third-order valence-corrected chi connectivity index (χ3v) is 6.00. The number of anilines is 2. The monoisotopic (exact) mass is 494 g/mol. The summed E-state index contributed by atoms with van der Waals surface area (Å²) < 4.78 is 14.2. The molecule has 0 bridgehead atoms. The lowest BCUT2D eigenvalue weighted by Crippen LogP contribution is -2.32. The van der Waals surface area contributed by atoms with Crippen LogP contribution < -0.4 is 15.5 Å². The zero-order chi connectivity index (χ0) is 25.4. The molecule has 3 amide bonds. The number of carbonyl (C=O) groups excluding carboxylic acids is 3. The molecule has 2 N–H and O–H groups in total. The normalized spacial score (nSPS) is 11.8. The quantitative estimate of drug-likeness (QED) is 0.417. The maximum Gasteiger partial charge on any atom is 0.251 e. The molecule has 7 nitrogen and oxygen atoms in total. The summed E-state index contributed by atoms with van der Waals surface area (Å²) in [5.41, 5.74) is 1.91. The number of hydrogen-bond acceptors (Lipinski definition) is 5. The van der Waals surface area contributed by atoms with E-state index in [1.165, 1.54) is 47.4 Å². The van der Waals surface area contributed by atoms with E-state index in [9.17, 15) is 18.8 Å². The number of hydrogen-bond donors (Lipinski definition) is 2. The Balaban J connectivity index is 1.61. The van der Waals surface area contributed by atoms with Gasteiger partial charge in [-0.3, -0.25) is 19.3 Å². The minimum Gasteiger partial charge on any atom is -0.350 e. The number of amides is 3. The van der Waals surface area contributed by atoms with Crippen LogP contribution in [0.5, 0.6) is 0 Å². The Kier molecular flexibility index (Phi) is 8.86. The average molecular weight is 495 g/mol. The second-order valence-corrected chi connectivity index (χ2v) is 8.73. The molecule has 182 valence electrons. The average Bonchev–Trinajstić information content (AvgIpc) is 3.31. The van der Waals surface area contributed by atoms with Gasteiger partial charge in [0.2, 0.25) is 11.8 Å². The minimum atomic E-state index is -0.532. The zero-order valence-corrected chi connectivity index (χ0v) is 20.6. The van der Waals surface area contributed by atoms with Gasteiger partial charge in [0, 0.05) is 36.5 Å². The van der Waals surface area contributed by atoms with Crippen LogP contribution in [0, 0.1) is 5.82 Å². The molecule has 1 atom stereocenters. The highest BCUT2D eigenvalue weighted by molar-refractivity contribution is 7.14. The largest absolute Gasteiger partial charge is 0.350 e. The van der Waals surface area contributed by atoms with Gasteiger partial charge in [0.05, 0.1) is 11.4 Å². The number of rotatable bonds is 9. The number of nitrogens with zero attached hydrogens (tertiary/aromatic N) is 2. The van der Waals surface area contributed by atoms with Gasteiger partial charge in [-0.25, -0.2) is 9.37 Å². The Labute approximate surface area is 207 Å². The number of nitrogens with one attached hydrogen (secondary N) is 2. The summed E-state index contributed by atoms with van der Waals surface area (Å²) in [6.07, 6.45) is 3.69. The van der Waals surface area contributed by atoms with Gasteiger partial charge in [-0.2, -0.15) is 0 Å². The van der Waals surface area contributed by atoms with E-state index in [1.54, 1.807) is 35.7 Å². The van der Waals surface area contributed by atoms with E-state index in [4.69, 9.17) is 0 Å². The van der Waals surface area contributed by atoms with E-state index in [0.717, 1.165) is 12.0 Å². The van der Waals surface area contributed by atoms with Crippen molar-refractivity contribution in [3.63, 3.8) is 0 Å². The van der Waals surface area contributed by atoms with Gasteiger partial charge in [0.15, 0.2) is 5.13 Å². The van der Waals surface area contributed by atoms with Crippen LogP contribution in [0.3, 0.4) is 0 Å². The number of para-hydroxylation sites is 1. The highest BCUT2D eigenvalue weighted by Crippen LogP contribution is 2.30. The molecule has 0 aliphatic rings. The van der Waals surface area contributed by atoms with Crippen molar-refractivity contribution in [2.75, 3.05) is 4.90 Å². The standard InChI is InChI=1S/C26H27FN4O3S/c1-4-17(2)29-25(34)20-9-7-8-19(14-20)15-28-24(33)13-12-21-16-35-26(30-21)31(18(3)32)23-11-6-5-10-22(23)27/h5-14,16-17H,4,15H2,1-3H3,(H,28,33)(H,29,34)/b13-12+. The molecular formula is C26H27FN4O3S. The predicted molar refractivity (Wildman–Crippen MR) is 136 cm³/mol. The summed E-state index contributed by atoms with van der Waals surface area (Å²) in [5, 5.41) is 7.67. The lowest BCUT2D eigenvalue weighted by Gasteiger charge is -2.18. The smallest absolute Gasteiger partial charge is 0.251 e. The molecule has 0 aliphatic heterocycles. The zero-order valence-electron chi connectivity index (χ0n) is 19.7. The number of carbonyl (C=O) groups is 3. The molecule has 1 unspecified atom stereocenters. The van der Waals surface area contributed by atoms with E-state index in [2.05, 4.69) is 15.6 Å². The van der Waals surface area contributed by atoms with Crippen LogP contribution in [-0.2, 0) is 16.1 Å². The summed E-state index contributed by atoms with van der Waals surface area (Å²) >= 11 is 1.17. The molecule has 0 spiro atoms.